The zero-order valence-electron chi connectivity index (χ0n) is 15.4. The van der Waals surface area contributed by atoms with Crippen molar-refractivity contribution in [2.24, 2.45) is 12.8 Å². The monoisotopic (exact) mass is 398 g/mol. The zero-order chi connectivity index (χ0) is 20.4. The summed E-state index contributed by atoms with van der Waals surface area (Å²) in [6.45, 7) is 2.03. The van der Waals surface area contributed by atoms with E-state index in [1.165, 1.54) is 4.52 Å². The minimum atomic E-state index is -0.619. The second-order valence-corrected chi connectivity index (χ2v) is 6.48. The maximum Gasteiger partial charge on any atom is 0.259 e. The van der Waals surface area contributed by atoms with E-state index in [2.05, 4.69) is 10.1 Å². The first-order valence-electron chi connectivity index (χ1n) is 8.50. The highest BCUT2D eigenvalue weighted by molar-refractivity contribution is 6.35. The topological polar surface area (TPSA) is 121 Å². The van der Waals surface area contributed by atoms with Gasteiger partial charge in [-0.1, -0.05) is 30.7 Å². The van der Waals surface area contributed by atoms with Crippen molar-refractivity contribution in [3.05, 3.63) is 69.4 Å². The van der Waals surface area contributed by atoms with Crippen molar-refractivity contribution in [3.63, 3.8) is 0 Å². The number of carbonyl (C=O) groups excluding carboxylic acids is 1. The lowest BCUT2D eigenvalue weighted by molar-refractivity contribution is 0.100. The maximum absolute atomic E-state index is 12.0. The SMILES string of the molecule is CCc1cc2cccc(Cl)c2c(=O)n1C.NC(=O)c1c(N)nn2cccnc12. The van der Waals surface area contributed by atoms with Crippen LogP contribution in [0.4, 0.5) is 5.82 Å². The summed E-state index contributed by atoms with van der Waals surface area (Å²) in [6.07, 6.45) is 4.03. The minimum absolute atomic E-state index is 0.0186. The van der Waals surface area contributed by atoms with E-state index in [4.69, 9.17) is 23.1 Å². The van der Waals surface area contributed by atoms with Crippen molar-refractivity contribution in [1.82, 2.24) is 19.2 Å². The van der Waals surface area contributed by atoms with E-state index in [-0.39, 0.29) is 16.9 Å². The van der Waals surface area contributed by atoms with Crippen LogP contribution in [0.3, 0.4) is 0 Å². The number of aryl methyl sites for hydroxylation is 1. The first-order chi connectivity index (χ1) is 13.3. The second kappa shape index (κ2) is 7.69. The van der Waals surface area contributed by atoms with Crippen LogP contribution < -0.4 is 17.0 Å². The molecule has 3 heterocycles. The Balaban J connectivity index is 0.000000162. The Morgan fingerprint density at radius 2 is 2.04 bits per heavy atom. The van der Waals surface area contributed by atoms with Crippen molar-refractivity contribution in [2.45, 2.75) is 13.3 Å². The Hall–Kier alpha value is -3.39. The Morgan fingerprint density at radius 1 is 1.29 bits per heavy atom. The molecule has 4 aromatic rings. The fraction of sp³-hybridized carbons (Fsp3) is 0.158. The highest BCUT2D eigenvalue weighted by Crippen LogP contribution is 2.20. The van der Waals surface area contributed by atoms with E-state index in [1.807, 2.05) is 25.1 Å². The molecule has 1 aromatic carbocycles. The summed E-state index contributed by atoms with van der Waals surface area (Å²) in [5, 5.41) is 5.92. The number of primary amides is 1. The quantitative estimate of drug-likeness (QED) is 0.535. The first-order valence-corrected chi connectivity index (χ1v) is 8.88. The number of nitrogens with two attached hydrogens (primary N) is 2. The van der Waals surface area contributed by atoms with Gasteiger partial charge in [-0.3, -0.25) is 9.59 Å². The van der Waals surface area contributed by atoms with Gasteiger partial charge in [-0.15, -0.1) is 5.10 Å². The number of pyridine rings is 1. The molecule has 0 aliphatic heterocycles. The third-order valence-electron chi connectivity index (χ3n) is 4.35. The molecule has 8 nitrogen and oxygen atoms in total. The summed E-state index contributed by atoms with van der Waals surface area (Å²) in [5.74, 6) is -0.516. The van der Waals surface area contributed by atoms with E-state index >= 15 is 0 Å². The average molecular weight is 399 g/mol. The Labute approximate surface area is 165 Å². The van der Waals surface area contributed by atoms with E-state index in [0.717, 1.165) is 17.5 Å². The van der Waals surface area contributed by atoms with E-state index in [9.17, 15) is 9.59 Å². The molecule has 0 fully saturated rings. The van der Waals surface area contributed by atoms with Crippen LogP contribution in [0.2, 0.25) is 5.02 Å². The molecule has 0 saturated heterocycles. The van der Waals surface area contributed by atoms with Gasteiger partial charge in [-0.05, 0) is 30.0 Å². The number of benzene rings is 1. The largest absolute Gasteiger partial charge is 0.381 e. The van der Waals surface area contributed by atoms with Crippen LogP contribution >= 0.6 is 11.6 Å². The number of amides is 1. The molecule has 0 saturated carbocycles. The van der Waals surface area contributed by atoms with Crippen LogP contribution in [-0.4, -0.2) is 25.1 Å². The van der Waals surface area contributed by atoms with Gasteiger partial charge in [0, 0.05) is 25.1 Å². The van der Waals surface area contributed by atoms with E-state index in [0.29, 0.717) is 16.1 Å². The summed E-state index contributed by atoms with van der Waals surface area (Å²) in [4.78, 5) is 26.9. The van der Waals surface area contributed by atoms with Crippen molar-refractivity contribution in [2.75, 3.05) is 5.73 Å². The molecule has 1 amide bonds. The molecule has 0 aliphatic rings. The van der Waals surface area contributed by atoms with Crippen LogP contribution in [0.1, 0.15) is 23.0 Å². The van der Waals surface area contributed by atoms with Gasteiger partial charge in [0.2, 0.25) is 0 Å². The number of anilines is 1. The number of nitrogens with zero attached hydrogens (tertiary/aromatic N) is 4. The van der Waals surface area contributed by atoms with Crippen LogP contribution in [0.25, 0.3) is 16.4 Å². The van der Waals surface area contributed by atoms with Gasteiger partial charge in [-0.2, -0.15) is 0 Å². The molecule has 0 unspecified atom stereocenters. The highest BCUT2D eigenvalue weighted by atomic mass is 35.5. The van der Waals surface area contributed by atoms with E-state index < -0.39 is 5.91 Å². The lowest BCUT2D eigenvalue weighted by Crippen LogP contribution is -2.20. The summed E-state index contributed by atoms with van der Waals surface area (Å²) < 4.78 is 3.07. The van der Waals surface area contributed by atoms with Crippen molar-refractivity contribution >= 4 is 39.7 Å². The average Bonchev–Trinajstić information content (AvgIpc) is 3.01. The lowest BCUT2D eigenvalue weighted by atomic mass is 10.1. The van der Waals surface area contributed by atoms with Crippen molar-refractivity contribution < 1.29 is 4.79 Å². The third-order valence-corrected chi connectivity index (χ3v) is 4.66. The molecule has 3 aromatic heterocycles. The molecule has 0 radical (unpaired) electrons. The molecule has 28 heavy (non-hydrogen) atoms. The molecule has 9 heteroatoms. The van der Waals surface area contributed by atoms with Gasteiger partial charge in [0.1, 0.15) is 5.56 Å². The van der Waals surface area contributed by atoms with Crippen molar-refractivity contribution in [1.29, 1.82) is 0 Å². The first kappa shape index (κ1) is 19.4. The van der Waals surface area contributed by atoms with E-state index in [1.54, 1.807) is 36.1 Å². The Kier molecular flexibility index (Phi) is 5.32. The molecule has 0 aliphatic carbocycles. The maximum atomic E-state index is 12.0. The van der Waals surface area contributed by atoms with Gasteiger partial charge < -0.3 is 16.0 Å². The van der Waals surface area contributed by atoms with Crippen LogP contribution in [0.5, 0.6) is 0 Å². The van der Waals surface area contributed by atoms with Crippen LogP contribution in [0, 0.1) is 0 Å². The molecule has 144 valence electrons. The van der Waals surface area contributed by atoms with Gasteiger partial charge in [-0.25, -0.2) is 9.50 Å². The van der Waals surface area contributed by atoms with Crippen LogP contribution in [-0.2, 0) is 13.5 Å². The number of carbonyl (C=O) groups is 1. The van der Waals surface area contributed by atoms with Gasteiger partial charge in [0.15, 0.2) is 11.5 Å². The number of hydrogen-bond acceptors (Lipinski definition) is 5. The molecular weight excluding hydrogens is 380 g/mol. The molecule has 0 spiro atoms. The smallest absolute Gasteiger partial charge is 0.259 e. The summed E-state index contributed by atoms with van der Waals surface area (Å²) >= 11 is 6.02. The zero-order valence-corrected chi connectivity index (χ0v) is 16.1. The fourth-order valence-electron chi connectivity index (χ4n) is 2.94. The summed E-state index contributed by atoms with van der Waals surface area (Å²) in [6, 6.07) is 9.23. The number of rotatable bonds is 2. The standard InChI is InChI=1S/C12H12ClNO.C7H7N5O/c1-3-9-7-8-5-4-6-10(13)11(8)12(15)14(9)2;8-5-4(6(9)13)7-10-2-1-3-12(7)11-5/h4-7H,3H2,1-2H3;1-3H,(H2,8,11)(H2,9,13). The van der Waals surface area contributed by atoms with Gasteiger partial charge in [0.25, 0.3) is 11.5 Å². The number of hydrogen-bond donors (Lipinski definition) is 2. The number of halogens is 1. The Morgan fingerprint density at radius 3 is 2.71 bits per heavy atom. The molecular formula is C19H19ClN6O2. The minimum Gasteiger partial charge on any atom is -0.381 e. The van der Waals surface area contributed by atoms with Crippen molar-refractivity contribution in [3.8, 4) is 0 Å². The number of aromatic nitrogens is 4. The number of nitrogen functional groups attached to an aromatic ring is 1. The fourth-order valence-corrected chi connectivity index (χ4v) is 3.20. The summed E-state index contributed by atoms with van der Waals surface area (Å²) in [5.41, 5.74) is 12.1. The van der Waals surface area contributed by atoms with Gasteiger partial charge in [0.05, 0.1) is 10.4 Å². The second-order valence-electron chi connectivity index (χ2n) is 6.07. The Bertz CT molecular complexity index is 1240. The molecule has 4 N–H and O–H groups in total. The molecule has 0 bridgehead atoms. The highest BCUT2D eigenvalue weighted by Gasteiger charge is 2.15. The molecule has 4 rings (SSSR count). The predicted octanol–water partition coefficient (Wildman–Crippen LogP) is 2.16. The summed E-state index contributed by atoms with van der Waals surface area (Å²) in [7, 11) is 1.78. The van der Waals surface area contributed by atoms with Crippen LogP contribution in [0.15, 0.2) is 47.5 Å². The van der Waals surface area contributed by atoms with Gasteiger partial charge >= 0.3 is 0 Å². The predicted molar refractivity (Wildman–Crippen MR) is 109 cm³/mol. The number of fused-ring (bicyclic) bond motifs is 2. The molecule has 0 atom stereocenters. The normalized spacial score (nSPS) is 10.7. The third kappa shape index (κ3) is 3.41. The lowest BCUT2D eigenvalue weighted by Gasteiger charge is -2.08.